The van der Waals surface area contributed by atoms with E-state index in [1.807, 2.05) is 32.2 Å². The van der Waals surface area contributed by atoms with Gasteiger partial charge in [-0.2, -0.15) is 4.98 Å². The third kappa shape index (κ3) is 3.17. The lowest BCUT2D eigenvalue weighted by molar-refractivity contribution is 0.358. The Labute approximate surface area is 119 Å². The van der Waals surface area contributed by atoms with Gasteiger partial charge in [-0.3, -0.25) is 0 Å². The van der Waals surface area contributed by atoms with Gasteiger partial charge in [0.25, 0.3) is 0 Å². The number of benzene rings is 1. The van der Waals surface area contributed by atoms with Crippen molar-refractivity contribution in [1.82, 2.24) is 15.5 Å². The van der Waals surface area contributed by atoms with E-state index in [4.69, 9.17) is 9.26 Å². The summed E-state index contributed by atoms with van der Waals surface area (Å²) in [5, 5.41) is 7.28. The number of nitrogens with one attached hydrogen (secondary N) is 1. The van der Waals surface area contributed by atoms with Crippen LogP contribution in [0.15, 0.2) is 22.7 Å². The minimum atomic E-state index is 0.350. The topological polar surface area (TPSA) is 60.2 Å². The highest BCUT2D eigenvalue weighted by atomic mass is 16.5. The molecule has 0 saturated carbocycles. The molecule has 0 aliphatic carbocycles. The van der Waals surface area contributed by atoms with E-state index in [9.17, 15) is 0 Å². The van der Waals surface area contributed by atoms with Gasteiger partial charge in [0, 0.05) is 12.5 Å². The van der Waals surface area contributed by atoms with Gasteiger partial charge in [-0.15, -0.1) is 0 Å². The summed E-state index contributed by atoms with van der Waals surface area (Å²) < 4.78 is 10.7. The molecule has 0 spiro atoms. The summed E-state index contributed by atoms with van der Waals surface area (Å²) in [6, 6.07) is 6.28. The smallest absolute Gasteiger partial charge is 0.228 e. The molecule has 1 unspecified atom stereocenters. The minimum Gasteiger partial charge on any atom is -0.496 e. The Kier molecular flexibility index (Phi) is 4.74. The lowest BCUT2D eigenvalue weighted by atomic mass is 10.1. The molecule has 2 aromatic rings. The van der Waals surface area contributed by atoms with Crippen LogP contribution in [0.2, 0.25) is 0 Å². The summed E-state index contributed by atoms with van der Waals surface area (Å²) in [6.07, 6.45) is 1.75. The SMILES string of the molecule is CCC(Cc1nc(-c2ccc(C)cc2OC)no1)NC. The number of hydrogen-bond donors (Lipinski definition) is 1. The highest BCUT2D eigenvalue weighted by Crippen LogP contribution is 2.28. The maximum Gasteiger partial charge on any atom is 0.228 e. The molecule has 0 radical (unpaired) electrons. The van der Waals surface area contributed by atoms with E-state index in [2.05, 4.69) is 22.4 Å². The van der Waals surface area contributed by atoms with Gasteiger partial charge in [-0.05, 0) is 38.1 Å². The highest BCUT2D eigenvalue weighted by molar-refractivity contribution is 5.64. The number of ether oxygens (including phenoxy) is 1. The maximum absolute atomic E-state index is 5.38. The highest BCUT2D eigenvalue weighted by Gasteiger charge is 2.15. The van der Waals surface area contributed by atoms with Crippen LogP contribution in [-0.2, 0) is 6.42 Å². The standard InChI is InChI=1S/C15H21N3O2/c1-5-11(16-3)9-14-17-15(18-20-14)12-7-6-10(2)8-13(12)19-4/h6-8,11,16H,5,9H2,1-4H3. The molecule has 1 N–H and O–H groups in total. The molecule has 5 nitrogen and oxygen atoms in total. The van der Waals surface area contributed by atoms with Gasteiger partial charge in [-0.25, -0.2) is 0 Å². The summed E-state index contributed by atoms with van der Waals surface area (Å²) in [5.41, 5.74) is 1.99. The van der Waals surface area contributed by atoms with Crippen molar-refractivity contribution in [3.63, 3.8) is 0 Å². The molecule has 1 heterocycles. The molecule has 0 bridgehead atoms. The monoisotopic (exact) mass is 275 g/mol. The molecule has 0 aliphatic heterocycles. The first-order valence-electron chi connectivity index (χ1n) is 6.82. The third-order valence-corrected chi connectivity index (χ3v) is 3.39. The Morgan fingerprint density at radius 2 is 2.20 bits per heavy atom. The molecule has 2 rings (SSSR count). The van der Waals surface area contributed by atoms with E-state index < -0.39 is 0 Å². The largest absolute Gasteiger partial charge is 0.496 e. The van der Waals surface area contributed by atoms with Crippen LogP contribution < -0.4 is 10.1 Å². The molecule has 0 aliphatic rings. The number of rotatable bonds is 6. The molecule has 5 heteroatoms. The Balaban J connectivity index is 2.24. The number of hydrogen-bond acceptors (Lipinski definition) is 5. The van der Waals surface area contributed by atoms with Crippen LogP contribution in [0, 0.1) is 6.92 Å². The van der Waals surface area contributed by atoms with Crippen LogP contribution in [0.5, 0.6) is 5.75 Å². The van der Waals surface area contributed by atoms with Crippen LogP contribution in [0.4, 0.5) is 0 Å². The van der Waals surface area contributed by atoms with Crippen molar-refractivity contribution in [3.05, 3.63) is 29.7 Å². The molecule has 0 saturated heterocycles. The zero-order chi connectivity index (χ0) is 14.5. The second-order valence-corrected chi connectivity index (χ2v) is 4.81. The molecular formula is C15H21N3O2. The van der Waals surface area contributed by atoms with Crippen molar-refractivity contribution in [2.75, 3.05) is 14.2 Å². The summed E-state index contributed by atoms with van der Waals surface area (Å²) >= 11 is 0. The Bertz CT molecular complexity index is 562. The number of aryl methyl sites for hydroxylation is 1. The quantitative estimate of drug-likeness (QED) is 0.878. The molecule has 1 aromatic heterocycles. The third-order valence-electron chi connectivity index (χ3n) is 3.39. The lowest BCUT2D eigenvalue weighted by Gasteiger charge is -2.09. The maximum atomic E-state index is 5.38. The van der Waals surface area contributed by atoms with Gasteiger partial charge >= 0.3 is 0 Å². The van der Waals surface area contributed by atoms with E-state index in [0.717, 1.165) is 29.7 Å². The molecule has 0 amide bonds. The van der Waals surface area contributed by atoms with Crippen molar-refractivity contribution in [2.45, 2.75) is 32.7 Å². The average molecular weight is 275 g/mol. The van der Waals surface area contributed by atoms with E-state index in [1.54, 1.807) is 7.11 Å². The minimum absolute atomic E-state index is 0.350. The zero-order valence-electron chi connectivity index (χ0n) is 12.4. The normalized spacial score (nSPS) is 12.4. The van der Waals surface area contributed by atoms with Crippen molar-refractivity contribution >= 4 is 0 Å². The van der Waals surface area contributed by atoms with Gasteiger partial charge in [-0.1, -0.05) is 18.1 Å². The summed E-state index contributed by atoms with van der Waals surface area (Å²) in [6.45, 7) is 4.15. The van der Waals surface area contributed by atoms with Crippen LogP contribution in [0.3, 0.4) is 0 Å². The summed E-state index contributed by atoms with van der Waals surface area (Å²) in [4.78, 5) is 4.46. The Morgan fingerprint density at radius 3 is 2.85 bits per heavy atom. The number of methoxy groups -OCH3 is 1. The van der Waals surface area contributed by atoms with Gasteiger partial charge in [0.1, 0.15) is 5.75 Å². The zero-order valence-corrected chi connectivity index (χ0v) is 12.4. The van der Waals surface area contributed by atoms with Crippen molar-refractivity contribution in [2.24, 2.45) is 0 Å². The number of nitrogens with zero attached hydrogens (tertiary/aromatic N) is 2. The lowest BCUT2D eigenvalue weighted by Crippen LogP contribution is -2.26. The predicted octanol–water partition coefficient (Wildman–Crippen LogP) is 2.59. The van der Waals surface area contributed by atoms with E-state index in [1.165, 1.54) is 0 Å². The van der Waals surface area contributed by atoms with E-state index >= 15 is 0 Å². The molecular weight excluding hydrogens is 254 g/mol. The fourth-order valence-corrected chi connectivity index (χ4v) is 2.09. The predicted molar refractivity (Wildman–Crippen MR) is 77.9 cm³/mol. The van der Waals surface area contributed by atoms with Gasteiger partial charge in [0.15, 0.2) is 0 Å². The molecule has 0 fully saturated rings. The fraction of sp³-hybridized carbons (Fsp3) is 0.467. The van der Waals surface area contributed by atoms with Crippen molar-refractivity contribution in [3.8, 4) is 17.1 Å². The summed E-state index contributed by atoms with van der Waals surface area (Å²) in [7, 11) is 3.59. The average Bonchev–Trinajstić information content (AvgIpc) is 2.92. The van der Waals surface area contributed by atoms with Crippen LogP contribution in [0.25, 0.3) is 11.4 Å². The summed E-state index contributed by atoms with van der Waals surface area (Å²) in [5.74, 6) is 1.98. The second-order valence-electron chi connectivity index (χ2n) is 4.81. The number of likely N-dealkylation sites (N-methyl/N-ethyl adjacent to an activating group) is 1. The number of aromatic nitrogens is 2. The van der Waals surface area contributed by atoms with E-state index in [-0.39, 0.29) is 0 Å². The van der Waals surface area contributed by atoms with Gasteiger partial charge in [0.2, 0.25) is 11.7 Å². The fourth-order valence-electron chi connectivity index (χ4n) is 2.09. The Hall–Kier alpha value is -1.88. The molecule has 1 atom stereocenters. The first-order chi connectivity index (χ1) is 9.67. The second kappa shape index (κ2) is 6.52. The van der Waals surface area contributed by atoms with Crippen molar-refractivity contribution in [1.29, 1.82) is 0 Å². The molecule has 108 valence electrons. The van der Waals surface area contributed by atoms with Gasteiger partial charge in [0.05, 0.1) is 12.7 Å². The van der Waals surface area contributed by atoms with Crippen LogP contribution in [-0.4, -0.2) is 30.3 Å². The Morgan fingerprint density at radius 1 is 1.40 bits per heavy atom. The van der Waals surface area contributed by atoms with Crippen molar-refractivity contribution < 1.29 is 9.26 Å². The van der Waals surface area contributed by atoms with Gasteiger partial charge < -0.3 is 14.6 Å². The van der Waals surface area contributed by atoms with Crippen LogP contribution in [0.1, 0.15) is 24.8 Å². The molecule has 1 aromatic carbocycles. The van der Waals surface area contributed by atoms with E-state index in [0.29, 0.717) is 17.8 Å². The first-order valence-corrected chi connectivity index (χ1v) is 6.82. The first kappa shape index (κ1) is 14.5. The molecule has 20 heavy (non-hydrogen) atoms. The van der Waals surface area contributed by atoms with Crippen LogP contribution >= 0.6 is 0 Å².